The van der Waals surface area contributed by atoms with Gasteiger partial charge < -0.3 is 19.6 Å². The van der Waals surface area contributed by atoms with Crippen LogP contribution in [0, 0.1) is 15.9 Å². The van der Waals surface area contributed by atoms with Gasteiger partial charge in [0.15, 0.2) is 0 Å². The minimum absolute atomic E-state index is 0.223. The smallest absolute Gasteiger partial charge is 0.414 e. The van der Waals surface area contributed by atoms with Gasteiger partial charge in [0, 0.05) is 17.6 Å². The lowest BCUT2D eigenvalue weighted by atomic mass is 10.1. The third-order valence-corrected chi connectivity index (χ3v) is 4.30. The van der Waals surface area contributed by atoms with Crippen molar-refractivity contribution in [2.24, 2.45) is 7.05 Å². The molecule has 0 N–H and O–H groups in total. The van der Waals surface area contributed by atoms with E-state index in [-0.39, 0.29) is 30.4 Å². The highest BCUT2D eigenvalue weighted by molar-refractivity contribution is 5.59. The van der Waals surface area contributed by atoms with Crippen molar-refractivity contribution in [2.75, 3.05) is 6.61 Å². The lowest BCUT2D eigenvalue weighted by molar-refractivity contribution is -0.389. The number of halogens is 1. The zero-order valence-corrected chi connectivity index (χ0v) is 14.4. The van der Waals surface area contributed by atoms with E-state index in [1.807, 2.05) is 6.07 Å². The van der Waals surface area contributed by atoms with E-state index in [9.17, 15) is 14.5 Å². The first-order chi connectivity index (χ1) is 13.0. The summed E-state index contributed by atoms with van der Waals surface area (Å²) in [6.45, 7) is 0.973. The van der Waals surface area contributed by atoms with E-state index >= 15 is 0 Å². The van der Waals surface area contributed by atoms with E-state index in [0.29, 0.717) is 13.2 Å². The van der Waals surface area contributed by atoms with Crippen molar-refractivity contribution >= 4 is 5.82 Å². The molecule has 4 rings (SSSR count). The fourth-order valence-corrected chi connectivity index (χ4v) is 2.87. The monoisotopic (exact) mass is 373 g/mol. The lowest BCUT2D eigenvalue weighted by Crippen LogP contribution is -2.32. The topological polar surface area (TPSA) is 97.2 Å². The molecule has 1 aromatic carbocycles. The van der Waals surface area contributed by atoms with Crippen molar-refractivity contribution in [3.05, 3.63) is 58.2 Å². The predicted molar refractivity (Wildman–Crippen MR) is 91.6 cm³/mol. The molecular formula is C17H16FN5O4. The fraction of sp³-hybridized carbons (Fsp3) is 0.294. The summed E-state index contributed by atoms with van der Waals surface area (Å²) in [5.74, 6) is -0.545. The second-order valence-electron chi connectivity index (χ2n) is 6.19. The molecule has 0 saturated carbocycles. The molecule has 0 saturated heterocycles. The maximum atomic E-state index is 13.1. The first-order valence-corrected chi connectivity index (χ1v) is 8.24. The molecule has 1 aliphatic heterocycles. The molecule has 0 fully saturated rings. The van der Waals surface area contributed by atoms with Crippen LogP contribution < -0.4 is 4.74 Å². The van der Waals surface area contributed by atoms with E-state index in [0.717, 1.165) is 17.0 Å². The van der Waals surface area contributed by atoms with Gasteiger partial charge in [0.05, 0.1) is 24.5 Å². The van der Waals surface area contributed by atoms with Crippen LogP contribution in [0.25, 0.3) is 11.3 Å². The molecule has 1 atom stereocenters. The number of fused-ring (bicyclic) bond motifs is 1. The van der Waals surface area contributed by atoms with Crippen LogP contribution in [0.15, 0.2) is 36.5 Å². The van der Waals surface area contributed by atoms with Crippen LogP contribution in [0.2, 0.25) is 0 Å². The second kappa shape index (κ2) is 6.80. The van der Waals surface area contributed by atoms with Gasteiger partial charge in [-0.3, -0.25) is 9.25 Å². The number of aryl methyl sites for hydroxylation is 1. The summed E-state index contributed by atoms with van der Waals surface area (Å²) in [7, 11) is 1.81. The first-order valence-electron chi connectivity index (χ1n) is 8.24. The molecule has 10 heteroatoms. The Balaban J connectivity index is 1.42. The highest BCUT2D eigenvalue weighted by Gasteiger charge is 2.28. The molecule has 9 nitrogen and oxygen atoms in total. The average Bonchev–Trinajstić information content (AvgIpc) is 3.24. The molecule has 1 aliphatic rings. The van der Waals surface area contributed by atoms with Crippen molar-refractivity contribution in [2.45, 2.75) is 19.3 Å². The summed E-state index contributed by atoms with van der Waals surface area (Å²) in [4.78, 5) is 14.0. The molecule has 27 heavy (non-hydrogen) atoms. The highest BCUT2D eigenvalue weighted by Crippen LogP contribution is 2.24. The maximum Gasteiger partial charge on any atom is 0.414 e. The largest absolute Gasteiger partial charge is 0.443 e. The number of rotatable bonds is 5. The molecule has 0 bridgehead atoms. The summed E-state index contributed by atoms with van der Waals surface area (Å²) >= 11 is 0. The summed E-state index contributed by atoms with van der Waals surface area (Å²) in [6, 6.07) is 8.23. The van der Waals surface area contributed by atoms with Gasteiger partial charge >= 0.3 is 11.8 Å². The van der Waals surface area contributed by atoms with Crippen LogP contribution in [0.1, 0.15) is 5.69 Å². The van der Waals surface area contributed by atoms with Crippen molar-refractivity contribution in [1.82, 2.24) is 19.3 Å². The molecule has 0 aliphatic carbocycles. The van der Waals surface area contributed by atoms with Gasteiger partial charge in [0.1, 0.15) is 24.7 Å². The van der Waals surface area contributed by atoms with Gasteiger partial charge in [-0.15, -0.1) is 0 Å². The van der Waals surface area contributed by atoms with E-state index in [1.165, 1.54) is 18.3 Å². The number of benzene rings is 1. The average molecular weight is 373 g/mol. The quantitative estimate of drug-likeness (QED) is 0.503. The summed E-state index contributed by atoms with van der Waals surface area (Å²) in [5, 5.41) is 15.2. The Kier molecular flexibility index (Phi) is 4.32. The second-order valence-corrected chi connectivity index (χ2v) is 6.19. The van der Waals surface area contributed by atoms with Crippen molar-refractivity contribution < 1.29 is 18.8 Å². The van der Waals surface area contributed by atoms with Crippen LogP contribution in [0.5, 0.6) is 6.01 Å². The Labute approximate surface area is 153 Å². The molecule has 3 heterocycles. The van der Waals surface area contributed by atoms with E-state index < -0.39 is 4.92 Å². The molecule has 0 unspecified atom stereocenters. The molecule has 140 valence electrons. The first kappa shape index (κ1) is 17.2. The zero-order valence-electron chi connectivity index (χ0n) is 14.4. The number of hydrogen-bond donors (Lipinski definition) is 0. The van der Waals surface area contributed by atoms with Gasteiger partial charge in [-0.2, -0.15) is 5.10 Å². The van der Waals surface area contributed by atoms with Crippen LogP contribution in [-0.2, 0) is 24.9 Å². The van der Waals surface area contributed by atoms with Gasteiger partial charge in [0.2, 0.25) is 0 Å². The van der Waals surface area contributed by atoms with Crippen LogP contribution in [0.4, 0.5) is 10.2 Å². The van der Waals surface area contributed by atoms with Crippen LogP contribution in [0.3, 0.4) is 0 Å². The number of nitro groups is 1. The molecule has 0 amide bonds. The number of imidazole rings is 1. The third-order valence-electron chi connectivity index (χ3n) is 4.30. The number of aromatic nitrogens is 4. The normalized spacial score (nSPS) is 16.0. The number of hydrogen-bond acceptors (Lipinski definition) is 6. The van der Waals surface area contributed by atoms with Crippen LogP contribution in [-0.4, -0.2) is 37.0 Å². The standard InChI is InChI=1S/C17H16FN5O4/c1-21-13(6-15(20-21)11-2-4-12(18)5-3-11)9-26-14-7-22-8-16(23(24)25)19-17(22)27-10-14/h2-6,8,14H,7,9-10H2,1H3/t14-/m0/s1. The molecular weight excluding hydrogens is 357 g/mol. The Morgan fingerprint density at radius 2 is 2.19 bits per heavy atom. The Morgan fingerprint density at radius 3 is 2.93 bits per heavy atom. The minimum Gasteiger partial charge on any atom is -0.443 e. The van der Waals surface area contributed by atoms with Crippen molar-refractivity contribution in [1.29, 1.82) is 0 Å². The number of ether oxygens (including phenoxy) is 2. The molecule has 0 radical (unpaired) electrons. The highest BCUT2D eigenvalue weighted by atomic mass is 19.1. The number of nitrogens with zero attached hydrogens (tertiary/aromatic N) is 5. The van der Waals surface area contributed by atoms with Crippen molar-refractivity contribution in [3.63, 3.8) is 0 Å². The SMILES string of the molecule is Cn1nc(-c2ccc(F)cc2)cc1CO[C@@H]1COc2nc([N+](=O)[O-])cn2C1. The summed E-state index contributed by atoms with van der Waals surface area (Å²) in [6.07, 6.45) is 1.07. The molecule has 2 aromatic heterocycles. The van der Waals surface area contributed by atoms with E-state index in [1.54, 1.807) is 28.4 Å². The van der Waals surface area contributed by atoms with Gasteiger partial charge in [-0.05, 0) is 35.3 Å². The zero-order chi connectivity index (χ0) is 19.0. The van der Waals surface area contributed by atoms with Gasteiger partial charge in [-0.25, -0.2) is 4.39 Å². The lowest BCUT2D eigenvalue weighted by Gasteiger charge is -2.22. The van der Waals surface area contributed by atoms with Gasteiger partial charge in [-0.1, -0.05) is 0 Å². The Hall–Kier alpha value is -3.27. The summed E-state index contributed by atoms with van der Waals surface area (Å²) in [5.41, 5.74) is 2.38. The maximum absolute atomic E-state index is 13.1. The molecule has 3 aromatic rings. The minimum atomic E-state index is -0.558. The van der Waals surface area contributed by atoms with E-state index in [2.05, 4.69) is 10.1 Å². The van der Waals surface area contributed by atoms with Crippen LogP contribution >= 0.6 is 0 Å². The fourth-order valence-electron chi connectivity index (χ4n) is 2.87. The van der Waals surface area contributed by atoms with Crippen molar-refractivity contribution in [3.8, 4) is 17.3 Å². The van der Waals surface area contributed by atoms with E-state index in [4.69, 9.17) is 9.47 Å². The van der Waals surface area contributed by atoms with Gasteiger partial charge in [0.25, 0.3) is 0 Å². The third kappa shape index (κ3) is 3.51. The molecule has 0 spiro atoms. The predicted octanol–water partition coefficient (Wildman–Crippen LogP) is 2.31. The Morgan fingerprint density at radius 1 is 1.41 bits per heavy atom. The summed E-state index contributed by atoms with van der Waals surface area (Å²) < 4.78 is 27.7. The Bertz CT molecular complexity index is 982.